The number of carbonyl (C=O) groups is 3. The molecule has 2 saturated heterocycles. The van der Waals surface area contributed by atoms with Crippen molar-refractivity contribution < 1.29 is 73.8 Å². The van der Waals surface area contributed by atoms with Gasteiger partial charge in [0.05, 0.1) is 30.8 Å². The van der Waals surface area contributed by atoms with Crippen LogP contribution in [0.4, 0.5) is 9.59 Å². The van der Waals surface area contributed by atoms with Gasteiger partial charge in [-0.05, 0) is 32.2 Å². The lowest BCUT2D eigenvalue weighted by Gasteiger charge is -2.48. The number of nitrogens with two attached hydrogens (primary N) is 5. The first-order valence-electron chi connectivity index (χ1n) is 14.2. The molecule has 3 aliphatic rings. The van der Waals surface area contributed by atoms with Crippen LogP contribution in [-0.2, 0) is 28.5 Å². The van der Waals surface area contributed by atoms with Crippen molar-refractivity contribution in [2.24, 2.45) is 28.7 Å². The van der Waals surface area contributed by atoms with Crippen LogP contribution in [0, 0.1) is 0 Å². The van der Waals surface area contributed by atoms with Gasteiger partial charge in [0, 0.05) is 12.6 Å². The van der Waals surface area contributed by atoms with Crippen molar-refractivity contribution in [2.75, 3.05) is 19.7 Å². The van der Waals surface area contributed by atoms with Crippen LogP contribution < -0.4 is 34.0 Å². The predicted molar refractivity (Wildman–Crippen MR) is 148 cm³/mol. The SMILES string of the molecule is NCCC(O)C(=O)N[C@@H]1C[C@H](N)[C@@H](O[C@H]2O[C@H](CN)CC[C@H]2N)[C@H](O)[C@H]1O[C@H]1O[C@H](CO)[C@@H](O)[C@H](N)[C@H]1O.O=C(O)OC(=O)O. The highest BCUT2D eigenvalue weighted by Gasteiger charge is 2.51. The Kier molecular flexibility index (Phi) is 15.6. The molecule has 21 heteroatoms. The van der Waals surface area contributed by atoms with E-state index in [0.29, 0.717) is 12.8 Å². The van der Waals surface area contributed by atoms with E-state index in [9.17, 15) is 39.9 Å². The summed E-state index contributed by atoms with van der Waals surface area (Å²) in [7, 11) is 0. The highest BCUT2D eigenvalue weighted by molar-refractivity contribution is 5.80. The quantitative estimate of drug-likeness (QED) is 0.0766. The van der Waals surface area contributed by atoms with Crippen LogP contribution in [0.1, 0.15) is 25.7 Å². The van der Waals surface area contributed by atoms with Gasteiger partial charge in [-0.3, -0.25) is 4.79 Å². The Labute approximate surface area is 257 Å². The van der Waals surface area contributed by atoms with E-state index < -0.39 is 104 Å². The van der Waals surface area contributed by atoms with E-state index in [1.165, 1.54) is 0 Å². The van der Waals surface area contributed by atoms with E-state index >= 15 is 0 Å². The molecule has 3 fully saturated rings. The molecule has 21 nitrogen and oxygen atoms in total. The Bertz CT molecular complexity index is 941. The molecule has 0 spiro atoms. The molecule has 3 rings (SSSR count). The topological polar surface area (TPSA) is 381 Å². The summed E-state index contributed by atoms with van der Waals surface area (Å²) in [4.78, 5) is 31.0. The predicted octanol–water partition coefficient (Wildman–Crippen LogP) is -6.04. The Balaban J connectivity index is 0.000000900. The van der Waals surface area contributed by atoms with Crippen LogP contribution in [0.15, 0.2) is 0 Å². The molecule has 2 heterocycles. The van der Waals surface area contributed by atoms with Crippen LogP contribution in [0.2, 0.25) is 0 Å². The first kappa shape index (κ1) is 38.8. The van der Waals surface area contributed by atoms with Crippen molar-refractivity contribution in [3.63, 3.8) is 0 Å². The smallest absolute Gasteiger partial charge is 0.449 e. The second-order valence-corrected chi connectivity index (χ2v) is 10.8. The minimum Gasteiger partial charge on any atom is -0.449 e. The van der Waals surface area contributed by atoms with E-state index in [1.54, 1.807) is 0 Å². The number of amides is 1. The van der Waals surface area contributed by atoms with Gasteiger partial charge in [0.15, 0.2) is 12.6 Å². The molecule has 1 saturated carbocycles. The minimum absolute atomic E-state index is 0.000983. The molecule has 2 aliphatic heterocycles. The first-order chi connectivity index (χ1) is 21.1. The minimum atomic E-state index is -1.81. The van der Waals surface area contributed by atoms with Crippen LogP contribution in [0.25, 0.3) is 0 Å². The normalized spacial score (nSPS) is 39.1. The maximum absolute atomic E-state index is 12.6. The Morgan fingerprint density at radius 1 is 0.867 bits per heavy atom. The van der Waals surface area contributed by atoms with Crippen molar-refractivity contribution in [1.82, 2.24) is 5.32 Å². The van der Waals surface area contributed by atoms with Crippen molar-refractivity contribution in [3.05, 3.63) is 0 Å². The Morgan fingerprint density at radius 2 is 1.49 bits per heavy atom. The average molecular weight is 659 g/mol. The molecule has 1 unspecified atom stereocenters. The molecule has 18 N–H and O–H groups in total. The van der Waals surface area contributed by atoms with Gasteiger partial charge in [-0.1, -0.05) is 0 Å². The number of aliphatic hydroxyl groups is 5. The molecule has 262 valence electrons. The van der Waals surface area contributed by atoms with Crippen LogP contribution in [-0.4, -0.2) is 159 Å². The van der Waals surface area contributed by atoms with Crippen LogP contribution in [0.3, 0.4) is 0 Å². The number of carboxylic acid groups (broad SMARTS) is 2. The van der Waals surface area contributed by atoms with Crippen molar-refractivity contribution in [3.8, 4) is 0 Å². The zero-order valence-corrected chi connectivity index (χ0v) is 24.3. The van der Waals surface area contributed by atoms with Gasteiger partial charge < -0.3 is 93.4 Å². The number of nitrogens with one attached hydrogen (secondary N) is 1. The number of carbonyl (C=O) groups excluding carboxylic acids is 1. The molecule has 45 heavy (non-hydrogen) atoms. The molecule has 0 aromatic rings. The molecule has 14 atom stereocenters. The third kappa shape index (κ3) is 10.9. The van der Waals surface area contributed by atoms with Gasteiger partial charge in [0.1, 0.15) is 42.7 Å². The lowest BCUT2D eigenvalue weighted by molar-refractivity contribution is -0.314. The first-order valence-corrected chi connectivity index (χ1v) is 14.2. The van der Waals surface area contributed by atoms with E-state index in [1.807, 2.05) is 0 Å². The van der Waals surface area contributed by atoms with Crippen molar-refractivity contribution in [1.29, 1.82) is 0 Å². The second-order valence-electron chi connectivity index (χ2n) is 10.8. The monoisotopic (exact) mass is 658 g/mol. The number of ether oxygens (including phenoxy) is 5. The fourth-order valence-corrected chi connectivity index (χ4v) is 5.10. The van der Waals surface area contributed by atoms with Crippen molar-refractivity contribution >= 4 is 18.2 Å². The summed E-state index contributed by atoms with van der Waals surface area (Å²) in [6.45, 7) is -0.296. The number of hydrogen-bond acceptors (Lipinski definition) is 18. The molecular formula is C24H46N6O15. The van der Waals surface area contributed by atoms with Crippen LogP contribution in [0.5, 0.6) is 0 Å². The summed E-state index contributed by atoms with van der Waals surface area (Å²) in [6.07, 6.45) is -14.5. The third-order valence-corrected chi connectivity index (χ3v) is 7.54. The average Bonchev–Trinajstić information content (AvgIpc) is 2.97. The fourth-order valence-electron chi connectivity index (χ4n) is 5.10. The van der Waals surface area contributed by atoms with E-state index in [0.717, 1.165) is 0 Å². The lowest BCUT2D eigenvalue weighted by Crippen LogP contribution is -2.69. The zero-order valence-electron chi connectivity index (χ0n) is 24.3. The third-order valence-electron chi connectivity index (χ3n) is 7.54. The fraction of sp³-hybridized carbons (Fsp3) is 0.875. The largest absolute Gasteiger partial charge is 0.516 e. The Hall–Kier alpha value is -2.35. The molecule has 0 radical (unpaired) electrons. The number of aliphatic hydroxyl groups excluding tert-OH is 5. The molecule has 0 aromatic heterocycles. The number of rotatable bonds is 10. The van der Waals surface area contributed by atoms with E-state index in [-0.39, 0.29) is 32.0 Å². The summed E-state index contributed by atoms with van der Waals surface area (Å²) in [6, 6.07) is -3.54. The highest BCUT2D eigenvalue weighted by atomic mass is 16.7. The van der Waals surface area contributed by atoms with Gasteiger partial charge in [0.2, 0.25) is 5.91 Å². The molecule has 1 aliphatic carbocycles. The Morgan fingerprint density at radius 3 is 2.02 bits per heavy atom. The standard InChI is InChI=1S/C22H44N6O10.C2H2O5/c23-4-3-12(30)20(34)28-11-5-10(26)18(37-21-9(25)2-1-8(6-24)35-21)17(33)19(11)38-22-16(32)14(27)15(31)13(7-29)36-22;3-1(4)7-2(5)6/h8-19,21-22,29-33H,1-7,23-27H2,(H,28,34);(H,3,4)(H,5,6)/t8-,9+,10-,11+,12?,13+,14-,15+,16+,17-,18+,19-,21+,22+;/m0./s1. The molecular weight excluding hydrogens is 612 g/mol. The summed E-state index contributed by atoms with van der Waals surface area (Å²) < 4.78 is 26.4. The summed E-state index contributed by atoms with van der Waals surface area (Å²) in [5, 5.41) is 69.3. The summed E-state index contributed by atoms with van der Waals surface area (Å²) >= 11 is 0. The second kappa shape index (κ2) is 18.1. The highest BCUT2D eigenvalue weighted by Crippen LogP contribution is 2.31. The summed E-state index contributed by atoms with van der Waals surface area (Å²) in [5.41, 5.74) is 29.6. The van der Waals surface area contributed by atoms with Gasteiger partial charge in [0.25, 0.3) is 0 Å². The van der Waals surface area contributed by atoms with Crippen LogP contribution >= 0.6 is 0 Å². The van der Waals surface area contributed by atoms with Gasteiger partial charge in [-0.25, -0.2) is 9.59 Å². The maximum atomic E-state index is 12.6. The molecule has 0 bridgehead atoms. The van der Waals surface area contributed by atoms with Gasteiger partial charge in [-0.15, -0.1) is 0 Å². The molecule has 0 aromatic carbocycles. The summed E-state index contributed by atoms with van der Waals surface area (Å²) in [5.74, 6) is -0.762. The van der Waals surface area contributed by atoms with Gasteiger partial charge in [-0.2, -0.15) is 0 Å². The zero-order chi connectivity index (χ0) is 34.0. The number of hydrogen-bond donors (Lipinski definition) is 13. The maximum Gasteiger partial charge on any atom is 0.516 e. The van der Waals surface area contributed by atoms with E-state index in [2.05, 4.69) is 10.1 Å². The molecule has 1 amide bonds. The van der Waals surface area contributed by atoms with E-state index in [4.69, 9.17) is 57.8 Å². The van der Waals surface area contributed by atoms with Gasteiger partial charge >= 0.3 is 12.3 Å². The van der Waals surface area contributed by atoms with Crippen molar-refractivity contribution in [2.45, 2.75) is 111 Å². The lowest BCUT2D eigenvalue weighted by atomic mass is 9.83.